The van der Waals surface area contributed by atoms with Gasteiger partial charge in [0.25, 0.3) is 5.69 Å². The molecular weight excluding hydrogens is 295 g/mol. The first kappa shape index (κ1) is 12.3. The number of benzene rings is 1. The Morgan fingerprint density at radius 2 is 2.35 bits per heavy atom. The summed E-state index contributed by atoms with van der Waals surface area (Å²) in [7, 11) is 0. The Balaban J connectivity index is 2.29. The Morgan fingerprint density at radius 1 is 1.59 bits per heavy atom. The third kappa shape index (κ3) is 2.73. The summed E-state index contributed by atoms with van der Waals surface area (Å²) in [6, 6.07) is 2.32. The van der Waals surface area contributed by atoms with Crippen LogP contribution in [0.25, 0.3) is 0 Å². The van der Waals surface area contributed by atoms with Crippen molar-refractivity contribution in [2.24, 2.45) is 0 Å². The van der Waals surface area contributed by atoms with E-state index in [2.05, 4.69) is 21.2 Å². The van der Waals surface area contributed by atoms with Gasteiger partial charge in [-0.2, -0.15) is 0 Å². The second kappa shape index (κ2) is 4.97. The van der Waals surface area contributed by atoms with Crippen molar-refractivity contribution in [2.75, 3.05) is 18.5 Å². The quantitative estimate of drug-likeness (QED) is 0.689. The Bertz CT molecular complexity index is 449. The van der Waals surface area contributed by atoms with Crippen molar-refractivity contribution in [2.45, 2.75) is 12.5 Å². The highest BCUT2D eigenvalue weighted by Gasteiger charge is 2.22. The minimum absolute atomic E-state index is 0.0334. The summed E-state index contributed by atoms with van der Waals surface area (Å²) in [5, 5.41) is 13.8. The summed E-state index contributed by atoms with van der Waals surface area (Å²) in [6.07, 6.45) is 0.784. The monoisotopic (exact) mass is 304 g/mol. The average Bonchev–Trinajstić information content (AvgIpc) is 2.75. The Kier molecular flexibility index (Phi) is 3.58. The number of nitrogens with one attached hydrogen (secondary N) is 1. The van der Waals surface area contributed by atoms with E-state index in [1.165, 1.54) is 6.07 Å². The molecule has 1 aromatic rings. The van der Waals surface area contributed by atoms with Gasteiger partial charge in [-0.1, -0.05) is 0 Å². The summed E-state index contributed by atoms with van der Waals surface area (Å²) in [6.45, 7) is 1.14. The van der Waals surface area contributed by atoms with Gasteiger partial charge in [0.15, 0.2) is 0 Å². The molecule has 5 nitrogen and oxygen atoms in total. The number of hydrogen-bond acceptors (Lipinski definition) is 4. The number of halogens is 2. The number of rotatable bonds is 3. The van der Waals surface area contributed by atoms with Gasteiger partial charge in [0.1, 0.15) is 11.5 Å². The number of nitro benzene ring substituents is 1. The van der Waals surface area contributed by atoms with Crippen molar-refractivity contribution in [3.05, 3.63) is 32.5 Å². The molecule has 1 saturated heterocycles. The third-order valence-corrected chi connectivity index (χ3v) is 3.13. The van der Waals surface area contributed by atoms with E-state index >= 15 is 0 Å². The predicted molar refractivity (Wildman–Crippen MR) is 63.6 cm³/mol. The van der Waals surface area contributed by atoms with Gasteiger partial charge in [-0.25, -0.2) is 4.39 Å². The molecule has 0 aromatic heterocycles. The van der Waals surface area contributed by atoms with Crippen LogP contribution in [-0.4, -0.2) is 24.2 Å². The molecule has 92 valence electrons. The Labute approximate surface area is 105 Å². The second-order valence-electron chi connectivity index (χ2n) is 3.75. The molecular formula is C10H10BrFN2O3. The minimum Gasteiger partial charge on any atom is -0.379 e. The molecule has 0 aliphatic carbocycles. The molecule has 1 N–H and O–H groups in total. The number of nitro groups is 1. The van der Waals surface area contributed by atoms with Gasteiger partial charge < -0.3 is 10.1 Å². The summed E-state index contributed by atoms with van der Waals surface area (Å²) in [4.78, 5) is 10.2. The van der Waals surface area contributed by atoms with E-state index in [9.17, 15) is 14.5 Å². The van der Waals surface area contributed by atoms with E-state index in [0.717, 1.165) is 12.5 Å². The highest BCUT2D eigenvalue weighted by molar-refractivity contribution is 9.10. The molecule has 1 aliphatic heterocycles. The topological polar surface area (TPSA) is 64.4 Å². The summed E-state index contributed by atoms with van der Waals surface area (Å²) in [5.41, 5.74) is 0.0383. The summed E-state index contributed by atoms with van der Waals surface area (Å²) in [5.74, 6) is -0.648. The first-order valence-corrected chi connectivity index (χ1v) is 5.85. The van der Waals surface area contributed by atoms with Crippen LogP contribution in [0, 0.1) is 15.9 Å². The molecule has 7 heteroatoms. The van der Waals surface area contributed by atoms with E-state index < -0.39 is 10.7 Å². The van der Waals surface area contributed by atoms with Crippen LogP contribution >= 0.6 is 15.9 Å². The molecule has 1 aliphatic rings. The first-order chi connectivity index (χ1) is 8.08. The molecule has 1 fully saturated rings. The van der Waals surface area contributed by atoms with E-state index in [-0.39, 0.29) is 16.2 Å². The lowest BCUT2D eigenvalue weighted by Gasteiger charge is -2.12. The Morgan fingerprint density at radius 3 is 2.94 bits per heavy atom. The zero-order valence-electron chi connectivity index (χ0n) is 8.78. The summed E-state index contributed by atoms with van der Waals surface area (Å²) < 4.78 is 18.6. The largest absolute Gasteiger partial charge is 0.379 e. The molecule has 0 radical (unpaired) electrons. The van der Waals surface area contributed by atoms with Crippen molar-refractivity contribution in [1.29, 1.82) is 0 Å². The third-order valence-electron chi connectivity index (χ3n) is 2.52. The smallest absolute Gasteiger partial charge is 0.295 e. The molecule has 1 atom stereocenters. The van der Waals surface area contributed by atoms with Gasteiger partial charge in [-0.05, 0) is 28.4 Å². The molecule has 2 rings (SSSR count). The van der Waals surface area contributed by atoms with Crippen LogP contribution in [0.4, 0.5) is 15.8 Å². The van der Waals surface area contributed by atoms with Crippen LogP contribution in [0.5, 0.6) is 0 Å². The molecule has 0 spiro atoms. The van der Waals surface area contributed by atoms with Crippen molar-refractivity contribution < 1.29 is 14.1 Å². The summed E-state index contributed by atoms with van der Waals surface area (Å²) >= 11 is 3.01. The van der Waals surface area contributed by atoms with Gasteiger partial charge >= 0.3 is 0 Å². The maximum Gasteiger partial charge on any atom is 0.295 e. The van der Waals surface area contributed by atoms with E-state index in [0.29, 0.717) is 18.9 Å². The molecule has 0 amide bonds. The number of nitrogens with zero attached hydrogens (tertiary/aromatic N) is 1. The predicted octanol–water partition coefficient (Wildman–Crippen LogP) is 2.70. The fourth-order valence-electron chi connectivity index (χ4n) is 1.67. The van der Waals surface area contributed by atoms with Gasteiger partial charge in [-0.15, -0.1) is 0 Å². The zero-order chi connectivity index (χ0) is 12.4. The number of anilines is 1. The maximum atomic E-state index is 13.2. The molecule has 1 aromatic carbocycles. The number of hydrogen-bond donors (Lipinski definition) is 1. The molecule has 1 heterocycles. The highest BCUT2D eigenvalue weighted by Crippen LogP contribution is 2.31. The standard InChI is InChI=1S/C10H10BrFN2O3/c11-7-3-9(13-6-1-2-17-5-6)10(14(15)16)4-8(7)12/h3-4,6,13H,1-2,5H2. The van der Waals surface area contributed by atoms with E-state index in [1.807, 2.05) is 0 Å². The van der Waals surface area contributed by atoms with Crippen molar-refractivity contribution in [3.63, 3.8) is 0 Å². The zero-order valence-corrected chi connectivity index (χ0v) is 10.4. The van der Waals surface area contributed by atoms with Gasteiger partial charge in [0, 0.05) is 6.61 Å². The van der Waals surface area contributed by atoms with Crippen LogP contribution in [-0.2, 0) is 4.74 Å². The highest BCUT2D eigenvalue weighted by atomic mass is 79.9. The lowest BCUT2D eigenvalue weighted by Crippen LogP contribution is -2.19. The first-order valence-electron chi connectivity index (χ1n) is 5.05. The average molecular weight is 305 g/mol. The van der Waals surface area contributed by atoms with Gasteiger partial charge in [0.2, 0.25) is 0 Å². The maximum absolute atomic E-state index is 13.2. The normalized spacial score (nSPS) is 19.3. The number of ether oxygens (including phenoxy) is 1. The lowest BCUT2D eigenvalue weighted by molar-refractivity contribution is -0.384. The molecule has 17 heavy (non-hydrogen) atoms. The van der Waals surface area contributed by atoms with E-state index in [1.54, 1.807) is 0 Å². The molecule has 0 saturated carbocycles. The fraction of sp³-hybridized carbons (Fsp3) is 0.400. The van der Waals surface area contributed by atoms with Gasteiger partial charge in [0.05, 0.1) is 28.1 Å². The molecule has 0 bridgehead atoms. The van der Waals surface area contributed by atoms with Crippen LogP contribution in [0.3, 0.4) is 0 Å². The second-order valence-corrected chi connectivity index (χ2v) is 4.60. The fourth-order valence-corrected chi connectivity index (χ4v) is 2.01. The van der Waals surface area contributed by atoms with Crippen molar-refractivity contribution >= 4 is 27.3 Å². The Hall–Kier alpha value is -1.21. The van der Waals surface area contributed by atoms with Crippen LogP contribution in [0.1, 0.15) is 6.42 Å². The van der Waals surface area contributed by atoms with Crippen molar-refractivity contribution in [1.82, 2.24) is 0 Å². The van der Waals surface area contributed by atoms with E-state index in [4.69, 9.17) is 4.74 Å². The molecule has 1 unspecified atom stereocenters. The van der Waals surface area contributed by atoms with Gasteiger partial charge in [-0.3, -0.25) is 10.1 Å². The van der Waals surface area contributed by atoms with Crippen LogP contribution < -0.4 is 5.32 Å². The van der Waals surface area contributed by atoms with Crippen LogP contribution in [0.2, 0.25) is 0 Å². The SMILES string of the molecule is O=[N+]([O-])c1cc(F)c(Br)cc1NC1CCOC1. The van der Waals surface area contributed by atoms with Crippen LogP contribution in [0.15, 0.2) is 16.6 Å². The van der Waals surface area contributed by atoms with Crippen molar-refractivity contribution in [3.8, 4) is 0 Å². The minimum atomic E-state index is -0.648. The lowest BCUT2D eigenvalue weighted by atomic mass is 10.2.